The number of fused-ring (bicyclic) bond motifs is 1. The molecule has 0 N–H and O–H groups in total. The van der Waals surface area contributed by atoms with Crippen molar-refractivity contribution in [3.05, 3.63) is 108 Å². The largest absolute Gasteiger partial charge is 0.465 e. The number of esters is 1. The lowest BCUT2D eigenvalue weighted by atomic mass is 9.99. The molecule has 0 saturated heterocycles. The average molecular weight is 418 g/mol. The van der Waals surface area contributed by atoms with Crippen LogP contribution in [0.25, 0.3) is 44.5 Å². The highest BCUT2D eigenvalue weighted by molar-refractivity contribution is 5.98. The van der Waals surface area contributed by atoms with Crippen molar-refractivity contribution in [1.82, 2.24) is 0 Å². The van der Waals surface area contributed by atoms with Gasteiger partial charge in [0.15, 0.2) is 0 Å². The smallest absolute Gasteiger partial charge is 0.338 e. The van der Waals surface area contributed by atoms with Gasteiger partial charge < -0.3 is 9.15 Å². The second kappa shape index (κ2) is 8.20. The topological polar surface area (TPSA) is 39.4 Å². The van der Waals surface area contributed by atoms with Crippen molar-refractivity contribution in [1.29, 1.82) is 0 Å². The van der Waals surface area contributed by atoms with Gasteiger partial charge in [-0.1, -0.05) is 78.4 Å². The highest BCUT2D eigenvalue weighted by Gasteiger charge is 2.14. The summed E-state index contributed by atoms with van der Waals surface area (Å²) in [5, 5.41) is 1.01. The van der Waals surface area contributed by atoms with Gasteiger partial charge in [-0.05, 0) is 53.4 Å². The Hall–Kier alpha value is -4.11. The number of carbonyl (C=O) groups excluding carboxylic acids is 1. The van der Waals surface area contributed by atoms with Crippen molar-refractivity contribution in [2.75, 3.05) is 7.11 Å². The zero-order chi connectivity index (χ0) is 22.1. The van der Waals surface area contributed by atoms with Crippen LogP contribution < -0.4 is 0 Å². The van der Waals surface area contributed by atoms with E-state index in [1.54, 1.807) is 6.07 Å². The van der Waals surface area contributed by atoms with Crippen LogP contribution in [0.2, 0.25) is 0 Å². The van der Waals surface area contributed by atoms with E-state index in [-0.39, 0.29) is 5.97 Å². The fourth-order valence-electron chi connectivity index (χ4n) is 4.04. The zero-order valence-electron chi connectivity index (χ0n) is 18.0. The Balaban J connectivity index is 1.55. The van der Waals surface area contributed by atoms with Gasteiger partial charge >= 0.3 is 5.97 Å². The average Bonchev–Trinajstić information content (AvgIpc) is 3.27. The molecule has 0 radical (unpaired) electrons. The summed E-state index contributed by atoms with van der Waals surface area (Å²) in [5.41, 5.74) is 7.64. The summed E-state index contributed by atoms with van der Waals surface area (Å²) >= 11 is 0. The van der Waals surface area contributed by atoms with E-state index < -0.39 is 0 Å². The predicted molar refractivity (Wildman–Crippen MR) is 129 cm³/mol. The van der Waals surface area contributed by atoms with Crippen molar-refractivity contribution < 1.29 is 13.9 Å². The van der Waals surface area contributed by atoms with Gasteiger partial charge in [-0.2, -0.15) is 0 Å². The molecule has 0 amide bonds. The Bertz CT molecular complexity index is 1440. The number of aryl methyl sites for hydroxylation is 1. The van der Waals surface area contributed by atoms with Gasteiger partial charge in [0.05, 0.1) is 12.7 Å². The fraction of sp³-hybridized carbons (Fsp3) is 0.0690. The number of methoxy groups -OCH3 is 1. The molecule has 32 heavy (non-hydrogen) atoms. The van der Waals surface area contributed by atoms with Gasteiger partial charge in [0.2, 0.25) is 0 Å². The molecule has 4 aromatic carbocycles. The molecule has 1 aromatic heterocycles. The van der Waals surface area contributed by atoms with E-state index in [2.05, 4.69) is 61.5 Å². The Labute approximate surface area is 186 Å². The molecule has 0 aliphatic heterocycles. The normalized spacial score (nSPS) is 10.9. The van der Waals surface area contributed by atoms with E-state index in [1.807, 2.05) is 36.4 Å². The van der Waals surface area contributed by atoms with Crippen LogP contribution >= 0.6 is 0 Å². The van der Waals surface area contributed by atoms with Crippen LogP contribution in [0.4, 0.5) is 0 Å². The number of carbonyl (C=O) groups is 1. The maximum Gasteiger partial charge on any atom is 0.338 e. The third kappa shape index (κ3) is 3.69. The summed E-state index contributed by atoms with van der Waals surface area (Å²) in [6.07, 6.45) is 0. The molecule has 156 valence electrons. The summed E-state index contributed by atoms with van der Waals surface area (Å²) in [4.78, 5) is 12.2. The SMILES string of the molecule is COC(=O)c1ccccc1-c1ccc2cc(-c3cccc(-c4cccc(C)c4)c3)oc2c1. The van der Waals surface area contributed by atoms with Crippen molar-refractivity contribution >= 4 is 16.9 Å². The van der Waals surface area contributed by atoms with Gasteiger partial charge in [-0.15, -0.1) is 0 Å². The highest BCUT2D eigenvalue weighted by atomic mass is 16.5. The van der Waals surface area contributed by atoms with E-state index in [4.69, 9.17) is 9.15 Å². The van der Waals surface area contributed by atoms with Crippen LogP contribution in [0, 0.1) is 6.92 Å². The molecule has 0 aliphatic rings. The lowest BCUT2D eigenvalue weighted by Gasteiger charge is -2.07. The Kier molecular flexibility index (Phi) is 5.08. The molecule has 0 unspecified atom stereocenters. The quantitative estimate of drug-likeness (QED) is 0.283. The third-order valence-electron chi connectivity index (χ3n) is 5.66. The number of furan rings is 1. The first-order valence-corrected chi connectivity index (χ1v) is 10.5. The van der Waals surface area contributed by atoms with Crippen LogP contribution in [0.5, 0.6) is 0 Å². The molecule has 0 aliphatic carbocycles. The van der Waals surface area contributed by atoms with E-state index in [0.29, 0.717) is 5.56 Å². The Morgan fingerprint density at radius 3 is 2.28 bits per heavy atom. The van der Waals surface area contributed by atoms with Crippen molar-refractivity contribution in [3.63, 3.8) is 0 Å². The predicted octanol–water partition coefficient (Wildman–Crippen LogP) is 7.53. The molecular weight excluding hydrogens is 396 g/mol. The van der Waals surface area contributed by atoms with Crippen LogP contribution in [-0.4, -0.2) is 13.1 Å². The molecule has 0 fully saturated rings. The fourth-order valence-corrected chi connectivity index (χ4v) is 4.04. The molecule has 3 heteroatoms. The van der Waals surface area contributed by atoms with Crippen molar-refractivity contribution in [2.24, 2.45) is 0 Å². The van der Waals surface area contributed by atoms with Gasteiger partial charge in [0, 0.05) is 10.9 Å². The third-order valence-corrected chi connectivity index (χ3v) is 5.66. The maximum atomic E-state index is 12.2. The van der Waals surface area contributed by atoms with E-state index >= 15 is 0 Å². The Morgan fingerprint density at radius 2 is 1.47 bits per heavy atom. The minimum absolute atomic E-state index is 0.353. The van der Waals surface area contributed by atoms with Gasteiger partial charge in [-0.3, -0.25) is 0 Å². The summed E-state index contributed by atoms with van der Waals surface area (Å²) in [5.74, 6) is 0.460. The molecule has 0 saturated carbocycles. The summed E-state index contributed by atoms with van der Waals surface area (Å²) < 4.78 is 11.2. The monoisotopic (exact) mass is 418 g/mol. The van der Waals surface area contributed by atoms with E-state index in [0.717, 1.165) is 39.0 Å². The van der Waals surface area contributed by atoms with Gasteiger partial charge in [0.25, 0.3) is 0 Å². The van der Waals surface area contributed by atoms with Crippen LogP contribution in [-0.2, 0) is 4.74 Å². The first-order valence-electron chi connectivity index (χ1n) is 10.5. The van der Waals surface area contributed by atoms with Crippen molar-refractivity contribution in [3.8, 4) is 33.6 Å². The summed E-state index contributed by atoms with van der Waals surface area (Å²) in [6.45, 7) is 2.10. The van der Waals surface area contributed by atoms with Gasteiger partial charge in [-0.25, -0.2) is 4.79 Å². The van der Waals surface area contributed by atoms with Crippen LogP contribution in [0.1, 0.15) is 15.9 Å². The first kappa shape index (κ1) is 19.8. The molecule has 0 spiro atoms. The number of rotatable bonds is 4. The molecule has 1 heterocycles. The number of hydrogen-bond acceptors (Lipinski definition) is 3. The molecule has 3 nitrogen and oxygen atoms in total. The molecule has 0 bridgehead atoms. The Morgan fingerprint density at radius 1 is 0.719 bits per heavy atom. The standard InChI is InChI=1S/C29H22O3/c1-19-7-5-8-20(15-19)21-9-6-10-23(16-21)28-18-24-14-13-22(17-27(24)32-28)25-11-3-4-12-26(25)29(30)31-2/h3-18H,1-2H3. The molecule has 0 atom stereocenters. The first-order chi connectivity index (χ1) is 15.6. The summed E-state index contributed by atoms with van der Waals surface area (Å²) in [7, 11) is 1.39. The van der Waals surface area contributed by atoms with E-state index in [1.165, 1.54) is 18.2 Å². The maximum absolute atomic E-state index is 12.2. The lowest BCUT2D eigenvalue weighted by molar-refractivity contribution is 0.0601. The highest BCUT2D eigenvalue weighted by Crippen LogP contribution is 2.34. The number of ether oxygens (including phenoxy) is 1. The van der Waals surface area contributed by atoms with Crippen LogP contribution in [0.3, 0.4) is 0 Å². The number of benzene rings is 4. The molecule has 5 aromatic rings. The second-order valence-corrected chi connectivity index (χ2v) is 7.85. The minimum Gasteiger partial charge on any atom is -0.465 e. The molecular formula is C29H22O3. The summed E-state index contributed by atoms with van der Waals surface area (Å²) in [6, 6.07) is 32.4. The zero-order valence-corrected chi connectivity index (χ0v) is 18.0. The number of hydrogen-bond donors (Lipinski definition) is 0. The van der Waals surface area contributed by atoms with Crippen molar-refractivity contribution in [2.45, 2.75) is 6.92 Å². The lowest BCUT2D eigenvalue weighted by Crippen LogP contribution is -2.03. The van der Waals surface area contributed by atoms with Crippen LogP contribution in [0.15, 0.2) is 101 Å². The van der Waals surface area contributed by atoms with Gasteiger partial charge in [0.1, 0.15) is 11.3 Å². The minimum atomic E-state index is -0.353. The van der Waals surface area contributed by atoms with E-state index in [9.17, 15) is 4.79 Å². The second-order valence-electron chi connectivity index (χ2n) is 7.85. The molecule has 5 rings (SSSR count).